The largest absolute Gasteiger partial charge is 0.491 e. The summed E-state index contributed by atoms with van der Waals surface area (Å²) < 4.78 is 10.8. The molecule has 3 rings (SSSR count). The molecular formula is C19H24N2O4. The molecule has 25 heavy (non-hydrogen) atoms. The van der Waals surface area contributed by atoms with Gasteiger partial charge in [0, 0.05) is 25.5 Å². The van der Waals surface area contributed by atoms with Gasteiger partial charge in [0.15, 0.2) is 0 Å². The Bertz CT molecular complexity index is 684. The molecule has 0 bridgehead atoms. The van der Waals surface area contributed by atoms with Gasteiger partial charge in [0.2, 0.25) is 5.91 Å². The summed E-state index contributed by atoms with van der Waals surface area (Å²) in [6.07, 6.45) is 3.84. The van der Waals surface area contributed by atoms with Crippen LogP contribution in [0.25, 0.3) is 0 Å². The van der Waals surface area contributed by atoms with Crippen LogP contribution in [0.2, 0.25) is 0 Å². The molecule has 0 spiro atoms. The van der Waals surface area contributed by atoms with Crippen LogP contribution in [0.3, 0.4) is 0 Å². The molecule has 1 aliphatic heterocycles. The van der Waals surface area contributed by atoms with Gasteiger partial charge in [-0.1, -0.05) is 22.9 Å². The monoisotopic (exact) mass is 344 g/mol. The van der Waals surface area contributed by atoms with Crippen molar-refractivity contribution in [3.05, 3.63) is 47.9 Å². The summed E-state index contributed by atoms with van der Waals surface area (Å²) in [6, 6.07) is 9.48. The Hall–Kier alpha value is -2.34. The fraction of sp³-hybridized carbons (Fsp3) is 0.474. The maximum Gasteiger partial charge on any atom is 0.223 e. The van der Waals surface area contributed by atoms with Gasteiger partial charge in [-0.15, -0.1) is 0 Å². The summed E-state index contributed by atoms with van der Waals surface area (Å²) in [4.78, 5) is 14.1. The third kappa shape index (κ3) is 4.82. The average Bonchev–Trinajstić information content (AvgIpc) is 3.13. The molecule has 0 radical (unpaired) electrons. The van der Waals surface area contributed by atoms with Crippen LogP contribution in [-0.4, -0.2) is 46.4 Å². The Kier molecular flexibility index (Phi) is 5.38. The molecule has 1 aromatic carbocycles. The van der Waals surface area contributed by atoms with Crippen molar-refractivity contribution >= 4 is 5.91 Å². The number of benzene rings is 1. The second-order valence-corrected chi connectivity index (χ2v) is 6.72. The van der Waals surface area contributed by atoms with Crippen LogP contribution in [0.15, 0.2) is 41.1 Å². The molecule has 6 heteroatoms. The molecule has 1 fully saturated rings. The molecule has 134 valence electrons. The lowest BCUT2D eigenvalue weighted by atomic mass is 9.93. The lowest BCUT2D eigenvalue weighted by molar-refractivity contribution is -0.140. The standard InChI is InChI=1S/C19H24N2O4/c1-15-3-5-16(6-4-15)24-14-19(23)10-2-12-21(13-19)18(22)8-7-17-9-11-20-25-17/h3-6,9,11,23H,2,7-8,10,12-14H2,1H3/t19-/m0/s1. The molecule has 1 aliphatic rings. The Morgan fingerprint density at radius 1 is 1.36 bits per heavy atom. The minimum absolute atomic E-state index is 0.0184. The van der Waals surface area contributed by atoms with Gasteiger partial charge in [-0.25, -0.2) is 0 Å². The van der Waals surface area contributed by atoms with Crippen LogP contribution in [0.1, 0.15) is 30.6 Å². The van der Waals surface area contributed by atoms with E-state index < -0.39 is 5.60 Å². The van der Waals surface area contributed by atoms with Crippen LogP contribution < -0.4 is 4.74 Å². The van der Waals surface area contributed by atoms with Crippen molar-refractivity contribution < 1.29 is 19.2 Å². The summed E-state index contributed by atoms with van der Waals surface area (Å²) in [5.74, 6) is 1.45. The lowest BCUT2D eigenvalue weighted by Gasteiger charge is -2.39. The summed E-state index contributed by atoms with van der Waals surface area (Å²) in [7, 11) is 0. The molecule has 1 amide bonds. The van der Waals surface area contributed by atoms with Gasteiger partial charge in [-0.3, -0.25) is 4.79 Å². The number of rotatable bonds is 6. The number of hydrogen-bond donors (Lipinski definition) is 1. The van der Waals surface area contributed by atoms with Crippen LogP contribution in [0.4, 0.5) is 0 Å². The third-order valence-corrected chi connectivity index (χ3v) is 4.51. The predicted octanol–water partition coefficient (Wildman–Crippen LogP) is 2.35. The fourth-order valence-electron chi connectivity index (χ4n) is 3.05. The van der Waals surface area contributed by atoms with Crippen molar-refractivity contribution in [2.24, 2.45) is 0 Å². The van der Waals surface area contributed by atoms with E-state index in [1.165, 1.54) is 0 Å². The molecule has 2 aromatic rings. The maximum absolute atomic E-state index is 12.4. The van der Waals surface area contributed by atoms with E-state index in [-0.39, 0.29) is 12.5 Å². The highest BCUT2D eigenvalue weighted by Crippen LogP contribution is 2.24. The summed E-state index contributed by atoms with van der Waals surface area (Å²) in [6.45, 7) is 3.17. The highest BCUT2D eigenvalue weighted by molar-refractivity contribution is 5.76. The molecule has 1 aromatic heterocycles. The molecular weight excluding hydrogens is 320 g/mol. The Morgan fingerprint density at radius 3 is 2.88 bits per heavy atom. The number of carbonyl (C=O) groups excluding carboxylic acids is 1. The second kappa shape index (κ2) is 7.70. The van der Waals surface area contributed by atoms with E-state index >= 15 is 0 Å². The number of aromatic nitrogens is 1. The molecule has 1 saturated heterocycles. The Morgan fingerprint density at radius 2 is 2.16 bits per heavy atom. The zero-order chi connectivity index (χ0) is 17.7. The van der Waals surface area contributed by atoms with E-state index in [1.54, 1.807) is 17.2 Å². The summed E-state index contributed by atoms with van der Waals surface area (Å²) in [5.41, 5.74) is 0.151. The van der Waals surface area contributed by atoms with Gasteiger partial charge in [0.25, 0.3) is 0 Å². The number of aryl methyl sites for hydroxylation is 2. The van der Waals surface area contributed by atoms with Crippen LogP contribution in [-0.2, 0) is 11.2 Å². The first-order valence-electron chi connectivity index (χ1n) is 8.63. The van der Waals surface area contributed by atoms with Gasteiger partial charge >= 0.3 is 0 Å². The first-order chi connectivity index (χ1) is 12.0. The number of carbonyl (C=O) groups is 1. The number of likely N-dealkylation sites (tertiary alicyclic amines) is 1. The summed E-state index contributed by atoms with van der Waals surface area (Å²) >= 11 is 0. The molecule has 1 N–H and O–H groups in total. The van der Waals surface area contributed by atoms with E-state index in [1.807, 2.05) is 31.2 Å². The SMILES string of the molecule is Cc1ccc(OC[C@]2(O)CCCN(C(=O)CCc3ccno3)C2)cc1. The third-order valence-electron chi connectivity index (χ3n) is 4.51. The minimum atomic E-state index is -1.01. The lowest BCUT2D eigenvalue weighted by Crippen LogP contribution is -2.53. The zero-order valence-corrected chi connectivity index (χ0v) is 14.5. The van der Waals surface area contributed by atoms with Gasteiger partial charge in [-0.05, 0) is 31.9 Å². The Balaban J connectivity index is 1.51. The van der Waals surface area contributed by atoms with Crippen molar-refractivity contribution in [1.29, 1.82) is 0 Å². The van der Waals surface area contributed by atoms with Crippen LogP contribution in [0.5, 0.6) is 5.75 Å². The number of ether oxygens (including phenoxy) is 1. The van der Waals surface area contributed by atoms with E-state index in [0.717, 1.165) is 17.7 Å². The van der Waals surface area contributed by atoms with Crippen LogP contribution >= 0.6 is 0 Å². The van der Waals surface area contributed by atoms with Gasteiger partial charge in [-0.2, -0.15) is 0 Å². The summed E-state index contributed by atoms with van der Waals surface area (Å²) in [5, 5.41) is 14.4. The van der Waals surface area contributed by atoms with Gasteiger partial charge in [0.05, 0.1) is 12.7 Å². The smallest absolute Gasteiger partial charge is 0.223 e. The van der Waals surface area contributed by atoms with Crippen molar-refractivity contribution in [3.8, 4) is 5.75 Å². The molecule has 6 nitrogen and oxygen atoms in total. The fourth-order valence-corrected chi connectivity index (χ4v) is 3.05. The number of nitrogens with zero attached hydrogens (tertiary/aromatic N) is 2. The molecule has 1 atom stereocenters. The average molecular weight is 344 g/mol. The molecule has 0 unspecified atom stereocenters. The number of aliphatic hydroxyl groups is 1. The van der Waals surface area contributed by atoms with Crippen molar-refractivity contribution in [3.63, 3.8) is 0 Å². The van der Waals surface area contributed by atoms with E-state index in [2.05, 4.69) is 5.16 Å². The van der Waals surface area contributed by atoms with Crippen molar-refractivity contribution in [2.45, 2.75) is 38.2 Å². The van der Waals surface area contributed by atoms with Crippen LogP contribution in [0, 0.1) is 6.92 Å². The number of piperidine rings is 1. The number of β-amino-alcohol motifs (C(OH)–C–C–N with tert-alkyl or cyclic N) is 1. The van der Waals surface area contributed by atoms with Gasteiger partial charge < -0.3 is 19.3 Å². The van der Waals surface area contributed by atoms with Crippen molar-refractivity contribution in [2.75, 3.05) is 19.7 Å². The Labute approximate surface area is 147 Å². The molecule has 0 aliphatic carbocycles. The van der Waals surface area contributed by atoms with E-state index in [4.69, 9.17) is 9.26 Å². The number of hydrogen-bond acceptors (Lipinski definition) is 5. The molecule has 2 heterocycles. The first-order valence-corrected chi connectivity index (χ1v) is 8.63. The number of amides is 1. The van der Waals surface area contributed by atoms with E-state index in [9.17, 15) is 9.90 Å². The van der Waals surface area contributed by atoms with E-state index in [0.29, 0.717) is 38.1 Å². The molecule has 0 saturated carbocycles. The first kappa shape index (κ1) is 17.5. The van der Waals surface area contributed by atoms with Crippen molar-refractivity contribution in [1.82, 2.24) is 10.1 Å². The van der Waals surface area contributed by atoms with Gasteiger partial charge in [0.1, 0.15) is 23.7 Å². The zero-order valence-electron chi connectivity index (χ0n) is 14.5. The topological polar surface area (TPSA) is 75.8 Å². The highest BCUT2D eigenvalue weighted by Gasteiger charge is 2.36. The second-order valence-electron chi connectivity index (χ2n) is 6.72. The highest BCUT2D eigenvalue weighted by atomic mass is 16.5. The predicted molar refractivity (Wildman–Crippen MR) is 92.3 cm³/mol. The quantitative estimate of drug-likeness (QED) is 0.870. The normalized spacial score (nSPS) is 20.5. The maximum atomic E-state index is 12.4. The minimum Gasteiger partial charge on any atom is -0.491 e.